The SMILES string of the molecule is CNC1CCOC(c2cccc(C)c2)C1. The van der Waals surface area contributed by atoms with Crippen molar-refractivity contribution in [3.8, 4) is 0 Å². The topological polar surface area (TPSA) is 21.3 Å². The molecular weight excluding hydrogens is 186 g/mol. The lowest BCUT2D eigenvalue weighted by atomic mass is 9.97. The third-order valence-corrected chi connectivity index (χ3v) is 3.11. The molecule has 1 fully saturated rings. The molecule has 1 saturated heterocycles. The van der Waals surface area contributed by atoms with Crippen LogP contribution in [-0.4, -0.2) is 19.7 Å². The average Bonchev–Trinajstić information content (AvgIpc) is 2.29. The molecule has 2 rings (SSSR count). The summed E-state index contributed by atoms with van der Waals surface area (Å²) in [6, 6.07) is 9.22. The molecule has 0 radical (unpaired) electrons. The summed E-state index contributed by atoms with van der Waals surface area (Å²) in [5, 5.41) is 3.34. The van der Waals surface area contributed by atoms with Crippen LogP contribution in [0.3, 0.4) is 0 Å². The quantitative estimate of drug-likeness (QED) is 0.800. The van der Waals surface area contributed by atoms with Gasteiger partial charge in [-0.15, -0.1) is 0 Å². The predicted octanol–water partition coefficient (Wildman–Crippen LogP) is 2.43. The Morgan fingerprint density at radius 3 is 3.00 bits per heavy atom. The summed E-state index contributed by atoms with van der Waals surface area (Å²) in [5.41, 5.74) is 2.62. The fourth-order valence-electron chi connectivity index (χ4n) is 2.16. The molecule has 1 aromatic carbocycles. The van der Waals surface area contributed by atoms with Crippen LogP contribution in [0, 0.1) is 6.92 Å². The number of hydrogen-bond acceptors (Lipinski definition) is 2. The molecular formula is C13H19NO. The Morgan fingerprint density at radius 1 is 1.40 bits per heavy atom. The lowest BCUT2D eigenvalue weighted by molar-refractivity contribution is 0.00152. The Balaban J connectivity index is 2.09. The fourth-order valence-corrected chi connectivity index (χ4v) is 2.16. The minimum atomic E-state index is 0.274. The van der Waals surface area contributed by atoms with Gasteiger partial charge in [0.2, 0.25) is 0 Å². The molecule has 15 heavy (non-hydrogen) atoms. The molecule has 0 aromatic heterocycles. The van der Waals surface area contributed by atoms with E-state index in [0.29, 0.717) is 6.04 Å². The van der Waals surface area contributed by atoms with Crippen molar-refractivity contribution in [2.45, 2.75) is 31.9 Å². The third-order valence-electron chi connectivity index (χ3n) is 3.11. The summed E-state index contributed by atoms with van der Waals surface area (Å²) in [4.78, 5) is 0. The van der Waals surface area contributed by atoms with Gasteiger partial charge in [0.1, 0.15) is 0 Å². The molecule has 1 aromatic rings. The van der Waals surface area contributed by atoms with E-state index in [1.165, 1.54) is 11.1 Å². The second-order valence-electron chi connectivity index (χ2n) is 4.28. The van der Waals surface area contributed by atoms with Gasteiger partial charge in [-0.3, -0.25) is 0 Å². The molecule has 0 aliphatic carbocycles. The van der Waals surface area contributed by atoms with Crippen molar-refractivity contribution in [3.05, 3.63) is 35.4 Å². The number of rotatable bonds is 2. The summed E-state index contributed by atoms with van der Waals surface area (Å²) in [6.45, 7) is 2.99. The number of hydrogen-bond donors (Lipinski definition) is 1. The summed E-state index contributed by atoms with van der Waals surface area (Å²) in [6.07, 6.45) is 2.48. The third kappa shape index (κ3) is 2.58. The van der Waals surface area contributed by atoms with Gasteiger partial charge in [-0.05, 0) is 32.4 Å². The molecule has 1 N–H and O–H groups in total. The molecule has 82 valence electrons. The van der Waals surface area contributed by atoms with E-state index >= 15 is 0 Å². The normalized spacial score (nSPS) is 26.5. The number of nitrogens with one attached hydrogen (secondary N) is 1. The van der Waals surface area contributed by atoms with Crippen LogP contribution in [0.2, 0.25) is 0 Å². The van der Waals surface area contributed by atoms with Gasteiger partial charge in [0, 0.05) is 12.6 Å². The smallest absolute Gasteiger partial charge is 0.0839 e. The highest BCUT2D eigenvalue weighted by Crippen LogP contribution is 2.28. The van der Waals surface area contributed by atoms with Crippen molar-refractivity contribution in [1.29, 1.82) is 0 Å². The minimum Gasteiger partial charge on any atom is -0.373 e. The zero-order valence-corrected chi connectivity index (χ0v) is 9.49. The van der Waals surface area contributed by atoms with Gasteiger partial charge in [0.05, 0.1) is 6.10 Å². The molecule has 2 heteroatoms. The Morgan fingerprint density at radius 2 is 2.27 bits per heavy atom. The standard InChI is InChI=1S/C13H19NO/c1-10-4-3-5-11(8-10)13-9-12(14-2)6-7-15-13/h3-5,8,12-14H,6-7,9H2,1-2H3. The maximum absolute atomic E-state index is 5.81. The van der Waals surface area contributed by atoms with Crippen molar-refractivity contribution >= 4 is 0 Å². The maximum Gasteiger partial charge on any atom is 0.0839 e. The Bertz CT molecular complexity index is 324. The number of aryl methyl sites for hydroxylation is 1. The highest BCUT2D eigenvalue weighted by Gasteiger charge is 2.22. The number of ether oxygens (including phenoxy) is 1. The zero-order chi connectivity index (χ0) is 10.7. The van der Waals surface area contributed by atoms with Crippen molar-refractivity contribution < 1.29 is 4.74 Å². The van der Waals surface area contributed by atoms with Crippen LogP contribution in [0.25, 0.3) is 0 Å². The monoisotopic (exact) mass is 205 g/mol. The van der Waals surface area contributed by atoms with E-state index in [-0.39, 0.29) is 6.10 Å². The molecule has 0 bridgehead atoms. The van der Waals surface area contributed by atoms with Gasteiger partial charge in [-0.2, -0.15) is 0 Å². The molecule has 2 unspecified atom stereocenters. The van der Waals surface area contributed by atoms with E-state index in [4.69, 9.17) is 4.74 Å². The van der Waals surface area contributed by atoms with E-state index in [9.17, 15) is 0 Å². The van der Waals surface area contributed by atoms with Gasteiger partial charge < -0.3 is 10.1 Å². The van der Waals surface area contributed by atoms with Crippen LogP contribution < -0.4 is 5.32 Å². The van der Waals surface area contributed by atoms with Gasteiger partial charge in [-0.1, -0.05) is 29.8 Å². The first-order valence-corrected chi connectivity index (χ1v) is 5.65. The molecule has 2 atom stereocenters. The van der Waals surface area contributed by atoms with E-state index in [1.54, 1.807) is 0 Å². The number of benzene rings is 1. The summed E-state index contributed by atoms with van der Waals surface area (Å²) in [5.74, 6) is 0. The van der Waals surface area contributed by atoms with E-state index < -0.39 is 0 Å². The first kappa shape index (κ1) is 10.7. The Kier molecular flexibility index (Phi) is 3.39. The average molecular weight is 205 g/mol. The lowest BCUT2D eigenvalue weighted by Crippen LogP contribution is -2.33. The Hall–Kier alpha value is -0.860. The predicted molar refractivity (Wildman–Crippen MR) is 62.0 cm³/mol. The molecule has 1 aliphatic heterocycles. The first-order chi connectivity index (χ1) is 7.29. The molecule has 1 heterocycles. The summed E-state index contributed by atoms with van der Waals surface area (Å²) < 4.78 is 5.81. The van der Waals surface area contributed by atoms with E-state index in [1.807, 2.05) is 7.05 Å². The molecule has 1 aliphatic rings. The lowest BCUT2D eigenvalue weighted by Gasteiger charge is -2.29. The summed E-state index contributed by atoms with van der Waals surface area (Å²) in [7, 11) is 2.03. The minimum absolute atomic E-state index is 0.274. The second-order valence-corrected chi connectivity index (χ2v) is 4.28. The molecule has 0 amide bonds. The largest absolute Gasteiger partial charge is 0.373 e. The summed E-state index contributed by atoms with van der Waals surface area (Å²) >= 11 is 0. The van der Waals surface area contributed by atoms with Crippen molar-refractivity contribution in [1.82, 2.24) is 5.32 Å². The highest BCUT2D eigenvalue weighted by molar-refractivity contribution is 5.24. The van der Waals surface area contributed by atoms with Gasteiger partial charge in [0.15, 0.2) is 0 Å². The van der Waals surface area contributed by atoms with Gasteiger partial charge in [0.25, 0.3) is 0 Å². The van der Waals surface area contributed by atoms with Gasteiger partial charge >= 0.3 is 0 Å². The van der Waals surface area contributed by atoms with Crippen LogP contribution >= 0.6 is 0 Å². The zero-order valence-electron chi connectivity index (χ0n) is 9.49. The van der Waals surface area contributed by atoms with Crippen LogP contribution in [0.15, 0.2) is 24.3 Å². The highest BCUT2D eigenvalue weighted by atomic mass is 16.5. The van der Waals surface area contributed by atoms with Crippen LogP contribution in [-0.2, 0) is 4.74 Å². The van der Waals surface area contributed by atoms with Crippen molar-refractivity contribution in [3.63, 3.8) is 0 Å². The Labute approximate surface area is 91.6 Å². The fraction of sp³-hybridized carbons (Fsp3) is 0.538. The molecule has 0 spiro atoms. The van der Waals surface area contributed by atoms with Gasteiger partial charge in [-0.25, -0.2) is 0 Å². The van der Waals surface area contributed by atoms with Crippen LogP contribution in [0.5, 0.6) is 0 Å². The van der Waals surface area contributed by atoms with Crippen molar-refractivity contribution in [2.24, 2.45) is 0 Å². The molecule has 0 saturated carbocycles. The van der Waals surface area contributed by atoms with Crippen LogP contribution in [0.4, 0.5) is 0 Å². The maximum atomic E-state index is 5.81. The second kappa shape index (κ2) is 4.77. The van der Waals surface area contributed by atoms with Crippen molar-refractivity contribution in [2.75, 3.05) is 13.7 Å². The van der Waals surface area contributed by atoms with E-state index in [0.717, 1.165) is 19.4 Å². The molecule has 2 nitrogen and oxygen atoms in total. The first-order valence-electron chi connectivity index (χ1n) is 5.65. The van der Waals surface area contributed by atoms with E-state index in [2.05, 4.69) is 36.5 Å². The van der Waals surface area contributed by atoms with Crippen LogP contribution in [0.1, 0.15) is 30.1 Å².